The molecule has 0 bridgehead atoms. The Hall–Kier alpha value is -2.12. The molecular formula is C20H23ClN6S. The van der Waals surface area contributed by atoms with E-state index in [0.717, 1.165) is 40.3 Å². The smallest absolute Gasteiger partial charge is 0.179 e. The topological polar surface area (TPSA) is 66.8 Å². The minimum absolute atomic E-state index is 0.591. The second-order valence-corrected chi connectivity index (χ2v) is 8.51. The zero-order chi connectivity index (χ0) is 19.5. The van der Waals surface area contributed by atoms with Gasteiger partial charge >= 0.3 is 0 Å². The van der Waals surface area contributed by atoms with Gasteiger partial charge in [-0.2, -0.15) is 0 Å². The molecule has 6 nitrogen and oxygen atoms in total. The summed E-state index contributed by atoms with van der Waals surface area (Å²) in [7, 11) is 1.80. The fourth-order valence-corrected chi connectivity index (χ4v) is 4.50. The quantitative estimate of drug-likeness (QED) is 0.651. The summed E-state index contributed by atoms with van der Waals surface area (Å²) in [5, 5.41) is 4.41. The van der Waals surface area contributed by atoms with Crippen molar-refractivity contribution < 1.29 is 0 Å². The maximum Gasteiger partial charge on any atom is 0.179 e. The molecule has 3 aromatic rings. The molecule has 0 radical (unpaired) electrons. The van der Waals surface area contributed by atoms with Crippen LogP contribution in [0.15, 0.2) is 40.5 Å². The van der Waals surface area contributed by atoms with Crippen molar-refractivity contribution in [2.24, 2.45) is 5.92 Å². The number of anilines is 2. The number of aromatic nitrogens is 4. The molecule has 1 N–H and O–H groups in total. The van der Waals surface area contributed by atoms with E-state index in [4.69, 9.17) is 16.6 Å². The van der Waals surface area contributed by atoms with E-state index in [0.29, 0.717) is 16.5 Å². The third-order valence-corrected chi connectivity index (χ3v) is 6.50. The van der Waals surface area contributed by atoms with E-state index in [1.807, 2.05) is 24.4 Å². The normalized spacial score (nSPS) is 17.5. The monoisotopic (exact) mass is 414 g/mol. The molecule has 28 heavy (non-hydrogen) atoms. The predicted octanol–water partition coefficient (Wildman–Crippen LogP) is 4.89. The van der Waals surface area contributed by atoms with Gasteiger partial charge in [0.05, 0.1) is 11.2 Å². The van der Waals surface area contributed by atoms with Crippen molar-refractivity contribution in [3.05, 3.63) is 35.6 Å². The van der Waals surface area contributed by atoms with Gasteiger partial charge in [-0.1, -0.05) is 30.3 Å². The molecular weight excluding hydrogens is 392 g/mol. The highest BCUT2D eigenvalue weighted by molar-refractivity contribution is 7.99. The fourth-order valence-electron chi connectivity index (χ4n) is 3.37. The molecule has 3 aromatic heterocycles. The van der Waals surface area contributed by atoms with Crippen LogP contribution in [0.1, 0.15) is 26.2 Å². The van der Waals surface area contributed by atoms with E-state index in [1.54, 1.807) is 13.2 Å². The van der Waals surface area contributed by atoms with E-state index in [1.165, 1.54) is 31.0 Å². The highest BCUT2D eigenvalue weighted by atomic mass is 35.5. The van der Waals surface area contributed by atoms with Gasteiger partial charge in [0.2, 0.25) is 0 Å². The van der Waals surface area contributed by atoms with Gasteiger partial charge in [-0.05, 0) is 43.4 Å². The Morgan fingerprint density at radius 1 is 1.14 bits per heavy atom. The van der Waals surface area contributed by atoms with Gasteiger partial charge in [0.25, 0.3) is 0 Å². The van der Waals surface area contributed by atoms with Crippen molar-refractivity contribution >= 4 is 46.2 Å². The zero-order valence-electron chi connectivity index (χ0n) is 16.0. The SMILES string of the molecule is CNc1nccc(Sc2ccc3nc(N4CCCC(C)CC4)cnc3n2)c1Cl. The number of rotatable bonds is 4. The average molecular weight is 415 g/mol. The van der Waals surface area contributed by atoms with E-state index < -0.39 is 0 Å². The lowest BCUT2D eigenvalue weighted by Crippen LogP contribution is -2.25. The summed E-state index contributed by atoms with van der Waals surface area (Å²) in [6.45, 7) is 4.41. The van der Waals surface area contributed by atoms with Crippen molar-refractivity contribution in [1.29, 1.82) is 0 Å². The van der Waals surface area contributed by atoms with Gasteiger partial charge in [-0.25, -0.2) is 19.9 Å². The van der Waals surface area contributed by atoms with Gasteiger partial charge in [-0.15, -0.1) is 0 Å². The van der Waals surface area contributed by atoms with Gasteiger partial charge in [0.1, 0.15) is 22.2 Å². The highest BCUT2D eigenvalue weighted by Gasteiger charge is 2.16. The van der Waals surface area contributed by atoms with Gasteiger partial charge in [0, 0.05) is 31.2 Å². The third kappa shape index (κ3) is 4.15. The number of nitrogens with zero attached hydrogens (tertiary/aromatic N) is 5. The van der Waals surface area contributed by atoms with Gasteiger partial charge in [0.15, 0.2) is 5.65 Å². The van der Waals surface area contributed by atoms with Crippen molar-refractivity contribution in [3.63, 3.8) is 0 Å². The molecule has 4 heterocycles. The Bertz CT molecular complexity index is 982. The zero-order valence-corrected chi connectivity index (χ0v) is 17.6. The van der Waals surface area contributed by atoms with Crippen LogP contribution in [-0.2, 0) is 0 Å². The second-order valence-electron chi connectivity index (χ2n) is 7.07. The first-order chi connectivity index (χ1) is 13.6. The number of halogens is 1. The van der Waals surface area contributed by atoms with Crippen molar-refractivity contribution in [2.75, 3.05) is 30.4 Å². The summed E-state index contributed by atoms with van der Waals surface area (Å²) in [5.41, 5.74) is 1.46. The largest absolute Gasteiger partial charge is 0.372 e. The standard InChI is InChI=1S/C20H23ClN6S/c1-13-4-3-10-27(11-8-13)16-12-24-19-14(25-16)5-6-17(26-19)28-15-7-9-23-20(22-2)18(15)21/h5-7,9,12-13H,3-4,8,10-11H2,1-2H3,(H,22,23). The molecule has 0 aliphatic carbocycles. The fraction of sp³-hybridized carbons (Fsp3) is 0.400. The Morgan fingerprint density at radius 2 is 2.04 bits per heavy atom. The molecule has 1 unspecified atom stereocenters. The molecule has 146 valence electrons. The van der Waals surface area contributed by atoms with Crippen LogP contribution in [0.2, 0.25) is 5.02 Å². The minimum Gasteiger partial charge on any atom is -0.372 e. The molecule has 1 aliphatic rings. The van der Waals surface area contributed by atoms with Crippen LogP contribution in [0.25, 0.3) is 11.2 Å². The molecule has 1 aliphatic heterocycles. The third-order valence-electron chi connectivity index (χ3n) is 5.01. The summed E-state index contributed by atoms with van der Waals surface area (Å²) < 4.78 is 0. The molecule has 1 fully saturated rings. The van der Waals surface area contributed by atoms with Crippen LogP contribution in [-0.4, -0.2) is 40.1 Å². The second kappa shape index (κ2) is 8.49. The maximum atomic E-state index is 6.40. The molecule has 0 saturated carbocycles. The van der Waals surface area contributed by atoms with Crippen LogP contribution in [0.4, 0.5) is 11.6 Å². The predicted molar refractivity (Wildman–Crippen MR) is 115 cm³/mol. The Morgan fingerprint density at radius 3 is 2.89 bits per heavy atom. The molecule has 4 rings (SSSR count). The number of hydrogen-bond acceptors (Lipinski definition) is 7. The summed E-state index contributed by atoms with van der Waals surface area (Å²) in [6.07, 6.45) is 7.27. The first kappa shape index (κ1) is 19.2. The van der Waals surface area contributed by atoms with Crippen LogP contribution in [0.3, 0.4) is 0 Å². The van der Waals surface area contributed by atoms with E-state index >= 15 is 0 Å². The molecule has 1 atom stereocenters. The number of hydrogen-bond donors (Lipinski definition) is 1. The molecule has 8 heteroatoms. The number of fused-ring (bicyclic) bond motifs is 1. The van der Waals surface area contributed by atoms with Crippen LogP contribution >= 0.6 is 23.4 Å². The lowest BCUT2D eigenvalue weighted by Gasteiger charge is -2.21. The Labute approximate surface area is 174 Å². The lowest BCUT2D eigenvalue weighted by atomic mass is 10.0. The van der Waals surface area contributed by atoms with Crippen molar-refractivity contribution in [2.45, 2.75) is 36.1 Å². The molecule has 0 aromatic carbocycles. The summed E-state index contributed by atoms with van der Waals surface area (Å²) in [4.78, 5) is 21.5. The van der Waals surface area contributed by atoms with Crippen molar-refractivity contribution in [3.8, 4) is 0 Å². The first-order valence-corrected chi connectivity index (χ1v) is 10.7. The summed E-state index contributed by atoms with van der Waals surface area (Å²) >= 11 is 7.89. The number of pyridine rings is 2. The molecule has 0 spiro atoms. The summed E-state index contributed by atoms with van der Waals surface area (Å²) in [5.74, 6) is 2.38. The van der Waals surface area contributed by atoms with Gasteiger partial charge < -0.3 is 10.2 Å². The van der Waals surface area contributed by atoms with Crippen LogP contribution in [0.5, 0.6) is 0 Å². The van der Waals surface area contributed by atoms with Crippen LogP contribution < -0.4 is 10.2 Å². The lowest BCUT2D eigenvalue weighted by molar-refractivity contribution is 0.521. The Kier molecular flexibility index (Phi) is 5.82. The number of nitrogens with one attached hydrogen (secondary N) is 1. The Balaban J connectivity index is 1.57. The van der Waals surface area contributed by atoms with E-state index in [-0.39, 0.29) is 0 Å². The average Bonchev–Trinajstić information content (AvgIpc) is 2.93. The van der Waals surface area contributed by atoms with Crippen LogP contribution in [0, 0.1) is 5.92 Å². The van der Waals surface area contributed by atoms with E-state index in [9.17, 15) is 0 Å². The minimum atomic E-state index is 0.591. The van der Waals surface area contributed by atoms with Gasteiger partial charge in [-0.3, -0.25) is 0 Å². The first-order valence-electron chi connectivity index (χ1n) is 9.53. The molecule has 1 saturated heterocycles. The van der Waals surface area contributed by atoms with Crippen molar-refractivity contribution in [1.82, 2.24) is 19.9 Å². The highest BCUT2D eigenvalue weighted by Crippen LogP contribution is 2.35. The summed E-state index contributed by atoms with van der Waals surface area (Å²) in [6, 6.07) is 5.83. The van der Waals surface area contributed by atoms with E-state index in [2.05, 4.69) is 32.1 Å². The maximum absolute atomic E-state index is 6.40. The molecule has 0 amide bonds.